The van der Waals surface area contributed by atoms with E-state index in [0.29, 0.717) is 31.7 Å². The van der Waals surface area contributed by atoms with Gasteiger partial charge in [0.25, 0.3) is 5.91 Å². The van der Waals surface area contributed by atoms with Gasteiger partial charge in [-0.3, -0.25) is 19.6 Å². The summed E-state index contributed by atoms with van der Waals surface area (Å²) in [6.07, 6.45) is 1.16. The number of primary amides is 1. The van der Waals surface area contributed by atoms with E-state index in [1.165, 1.54) is 11.8 Å². The number of rotatable bonds is 7. The highest BCUT2D eigenvalue weighted by Crippen LogP contribution is 2.24. The Morgan fingerprint density at radius 1 is 1.61 bits per heavy atom. The van der Waals surface area contributed by atoms with E-state index < -0.39 is 10.8 Å². The maximum atomic E-state index is 11.2. The normalized spacial score (nSPS) is 10.6. The van der Waals surface area contributed by atoms with Crippen molar-refractivity contribution in [2.45, 2.75) is 26.3 Å². The average Bonchev–Trinajstić information content (AvgIpc) is 2.66. The third-order valence-corrected chi connectivity index (χ3v) is 2.44. The van der Waals surface area contributed by atoms with Crippen LogP contribution in [0.5, 0.6) is 0 Å². The molecule has 0 spiro atoms. The van der Waals surface area contributed by atoms with Crippen LogP contribution in [0.2, 0.25) is 0 Å². The zero-order chi connectivity index (χ0) is 13.7. The van der Waals surface area contributed by atoms with Gasteiger partial charge in [-0.25, -0.2) is 0 Å². The van der Waals surface area contributed by atoms with Crippen molar-refractivity contribution in [3.63, 3.8) is 0 Å². The number of carbonyl (C=O) groups is 1. The van der Waals surface area contributed by atoms with Crippen LogP contribution in [0.4, 0.5) is 5.69 Å². The number of hydrogen-bond donors (Lipinski definition) is 1. The fourth-order valence-electron chi connectivity index (χ4n) is 1.69. The topological polar surface area (TPSA) is 113 Å². The summed E-state index contributed by atoms with van der Waals surface area (Å²) >= 11 is 0. The van der Waals surface area contributed by atoms with Crippen LogP contribution in [0.1, 0.15) is 29.5 Å². The van der Waals surface area contributed by atoms with Crippen LogP contribution in [0.3, 0.4) is 0 Å². The smallest absolute Gasteiger partial charge is 0.323 e. The van der Waals surface area contributed by atoms with Crippen LogP contribution in [-0.4, -0.2) is 34.3 Å². The molecule has 8 heteroatoms. The van der Waals surface area contributed by atoms with Gasteiger partial charge in [0.1, 0.15) is 5.69 Å². The van der Waals surface area contributed by atoms with Crippen molar-refractivity contribution in [1.29, 1.82) is 0 Å². The van der Waals surface area contributed by atoms with Crippen molar-refractivity contribution in [2.24, 2.45) is 5.73 Å². The van der Waals surface area contributed by atoms with E-state index >= 15 is 0 Å². The van der Waals surface area contributed by atoms with Crippen molar-refractivity contribution >= 4 is 11.6 Å². The summed E-state index contributed by atoms with van der Waals surface area (Å²) in [5, 5.41) is 14.9. The quantitative estimate of drug-likeness (QED) is 0.563. The van der Waals surface area contributed by atoms with Gasteiger partial charge in [0.2, 0.25) is 5.69 Å². The van der Waals surface area contributed by atoms with Crippen molar-refractivity contribution in [2.75, 3.05) is 13.7 Å². The van der Waals surface area contributed by atoms with Crippen molar-refractivity contribution in [3.05, 3.63) is 21.5 Å². The average molecular weight is 256 g/mol. The highest BCUT2D eigenvalue weighted by Gasteiger charge is 2.30. The fourth-order valence-corrected chi connectivity index (χ4v) is 1.69. The first-order valence-corrected chi connectivity index (χ1v) is 5.55. The molecule has 0 unspecified atom stereocenters. The standard InChI is InChI=1S/C10H16N4O4/c1-3-4-7-9(14(16)17)8(10(11)15)12-13(7)5-6-18-2/h3-6H2,1-2H3,(H2,11,15). The lowest BCUT2D eigenvalue weighted by molar-refractivity contribution is -0.385. The predicted molar refractivity (Wildman–Crippen MR) is 63.3 cm³/mol. The highest BCUT2D eigenvalue weighted by molar-refractivity contribution is 5.95. The summed E-state index contributed by atoms with van der Waals surface area (Å²) in [7, 11) is 1.52. The Kier molecular flexibility index (Phi) is 4.78. The number of methoxy groups -OCH3 is 1. The third kappa shape index (κ3) is 2.83. The lowest BCUT2D eigenvalue weighted by Crippen LogP contribution is -2.14. The predicted octanol–water partition coefficient (Wildman–Crippen LogP) is 0.489. The van der Waals surface area contributed by atoms with Gasteiger partial charge in [-0.1, -0.05) is 13.3 Å². The molecule has 1 heterocycles. The molecule has 0 saturated carbocycles. The van der Waals surface area contributed by atoms with E-state index in [9.17, 15) is 14.9 Å². The van der Waals surface area contributed by atoms with E-state index in [4.69, 9.17) is 10.5 Å². The number of nitro groups is 1. The van der Waals surface area contributed by atoms with Crippen LogP contribution < -0.4 is 5.73 Å². The molecule has 18 heavy (non-hydrogen) atoms. The Morgan fingerprint density at radius 2 is 2.28 bits per heavy atom. The molecule has 0 bridgehead atoms. The van der Waals surface area contributed by atoms with Gasteiger partial charge in [0, 0.05) is 7.11 Å². The van der Waals surface area contributed by atoms with E-state index in [0.717, 1.165) is 0 Å². The third-order valence-electron chi connectivity index (χ3n) is 2.44. The molecule has 0 fully saturated rings. The van der Waals surface area contributed by atoms with Crippen LogP contribution >= 0.6 is 0 Å². The SMILES string of the molecule is CCCc1c([N+](=O)[O-])c(C(N)=O)nn1CCOC. The van der Waals surface area contributed by atoms with Gasteiger partial charge in [0.15, 0.2) is 0 Å². The first-order chi connectivity index (χ1) is 8.52. The van der Waals surface area contributed by atoms with Gasteiger partial charge in [-0.15, -0.1) is 0 Å². The van der Waals surface area contributed by atoms with Crippen molar-refractivity contribution in [1.82, 2.24) is 9.78 Å². The molecule has 1 aromatic rings. The molecule has 100 valence electrons. The van der Waals surface area contributed by atoms with Gasteiger partial charge < -0.3 is 10.5 Å². The van der Waals surface area contributed by atoms with Gasteiger partial charge in [-0.05, 0) is 6.42 Å². The molecule has 1 aromatic heterocycles. The Bertz CT molecular complexity index is 455. The summed E-state index contributed by atoms with van der Waals surface area (Å²) in [4.78, 5) is 21.6. The zero-order valence-corrected chi connectivity index (χ0v) is 10.4. The van der Waals surface area contributed by atoms with Crippen LogP contribution in [-0.2, 0) is 17.7 Å². The molecule has 0 saturated heterocycles. The Hall–Kier alpha value is -1.96. The molecule has 0 aromatic carbocycles. The largest absolute Gasteiger partial charge is 0.383 e. The minimum Gasteiger partial charge on any atom is -0.383 e. The Morgan fingerprint density at radius 3 is 2.72 bits per heavy atom. The van der Waals surface area contributed by atoms with Crippen molar-refractivity contribution in [3.8, 4) is 0 Å². The number of ether oxygens (including phenoxy) is 1. The van der Waals surface area contributed by atoms with Gasteiger partial charge in [0.05, 0.1) is 18.1 Å². The van der Waals surface area contributed by atoms with Crippen LogP contribution in [0.25, 0.3) is 0 Å². The van der Waals surface area contributed by atoms with Gasteiger partial charge >= 0.3 is 5.69 Å². The molecule has 0 aliphatic rings. The summed E-state index contributed by atoms with van der Waals surface area (Å²) in [5.74, 6) is -0.893. The summed E-state index contributed by atoms with van der Waals surface area (Å²) in [6, 6.07) is 0. The lowest BCUT2D eigenvalue weighted by Gasteiger charge is -2.04. The summed E-state index contributed by atoms with van der Waals surface area (Å²) in [6.45, 7) is 2.59. The lowest BCUT2D eigenvalue weighted by atomic mass is 10.2. The van der Waals surface area contributed by atoms with E-state index in [1.54, 1.807) is 0 Å². The van der Waals surface area contributed by atoms with Gasteiger partial charge in [-0.2, -0.15) is 5.10 Å². The molecule has 0 atom stereocenters. The first-order valence-electron chi connectivity index (χ1n) is 5.55. The monoisotopic (exact) mass is 256 g/mol. The molecule has 8 nitrogen and oxygen atoms in total. The number of hydrogen-bond acceptors (Lipinski definition) is 5. The molecule has 2 N–H and O–H groups in total. The zero-order valence-electron chi connectivity index (χ0n) is 10.4. The minimum absolute atomic E-state index is 0.291. The highest BCUT2D eigenvalue weighted by atomic mass is 16.6. The number of aromatic nitrogens is 2. The molecule has 0 aliphatic carbocycles. The molecule has 1 rings (SSSR count). The molecule has 0 aliphatic heterocycles. The summed E-state index contributed by atoms with van der Waals surface area (Å²) < 4.78 is 6.32. The molecular formula is C10H16N4O4. The van der Waals surface area contributed by atoms with E-state index in [2.05, 4.69) is 5.10 Å². The Labute approximate surface area is 104 Å². The number of amides is 1. The number of nitrogens with zero attached hydrogens (tertiary/aromatic N) is 3. The second kappa shape index (κ2) is 6.10. The number of carbonyl (C=O) groups excluding carboxylic acids is 1. The fraction of sp³-hybridized carbons (Fsp3) is 0.600. The molecular weight excluding hydrogens is 240 g/mol. The minimum atomic E-state index is -0.893. The number of nitrogens with two attached hydrogens (primary N) is 1. The molecule has 1 amide bonds. The Balaban J connectivity index is 3.28. The van der Waals surface area contributed by atoms with E-state index in [-0.39, 0.29) is 11.4 Å². The van der Waals surface area contributed by atoms with E-state index in [1.807, 2.05) is 6.92 Å². The second-order valence-corrected chi connectivity index (χ2v) is 3.73. The first kappa shape index (κ1) is 14.1. The van der Waals surface area contributed by atoms with Crippen molar-refractivity contribution < 1.29 is 14.5 Å². The van der Waals surface area contributed by atoms with Crippen LogP contribution in [0.15, 0.2) is 0 Å². The summed E-state index contributed by atoms with van der Waals surface area (Å²) in [5.41, 5.74) is 4.94. The maximum Gasteiger partial charge on any atom is 0.323 e. The van der Waals surface area contributed by atoms with Crippen LogP contribution in [0, 0.1) is 10.1 Å². The molecule has 0 radical (unpaired) electrons. The maximum absolute atomic E-state index is 11.2. The second-order valence-electron chi connectivity index (χ2n) is 3.73.